The van der Waals surface area contributed by atoms with Crippen LogP contribution in [0.25, 0.3) is 0 Å². The quantitative estimate of drug-likeness (QED) is 0.652. The fourth-order valence-corrected chi connectivity index (χ4v) is 5.41. The number of benzene rings is 2. The summed E-state index contributed by atoms with van der Waals surface area (Å²) in [5, 5.41) is 2.87. The predicted molar refractivity (Wildman–Crippen MR) is 120 cm³/mol. The average Bonchev–Trinajstić information content (AvgIpc) is 2.80. The van der Waals surface area contributed by atoms with Crippen molar-refractivity contribution in [3.8, 4) is 5.75 Å². The SMILES string of the molecule is CCCN1C(=O)CN(S(=O)(=O)c2ccccc2)CC1(C)C(=O)NCc1ccccc1OC. The van der Waals surface area contributed by atoms with Crippen LogP contribution in [-0.2, 0) is 26.2 Å². The van der Waals surface area contributed by atoms with Crippen molar-refractivity contribution in [1.29, 1.82) is 0 Å². The van der Waals surface area contributed by atoms with Crippen LogP contribution in [0.3, 0.4) is 0 Å². The molecule has 0 aromatic heterocycles. The Bertz CT molecular complexity index is 1070. The number of rotatable bonds is 8. The largest absolute Gasteiger partial charge is 0.496 e. The van der Waals surface area contributed by atoms with Crippen LogP contribution in [0.2, 0.25) is 0 Å². The molecule has 0 bridgehead atoms. The van der Waals surface area contributed by atoms with Crippen molar-refractivity contribution < 1.29 is 22.7 Å². The number of hydrogen-bond donors (Lipinski definition) is 1. The van der Waals surface area contributed by atoms with Gasteiger partial charge in [0.2, 0.25) is 21.8 Å². The number of carbonyl (C=O) groups is 2. The van der Waals surface area contributed by atoms with E-state index in [2.05, 4.69) is 5.32 Å². The van der Waals surface area contributed by atoms with Crippen molar-refractivity contribution >= 4 is 21.8 Å². The van der Waals surface area contributed by atoms with E-state index >= 15 is 0 Å². The highest BCUT2D eigenvalue weighted by Crippen LogP contribution is 2.28. The number of methoxy groups -OCH3 is 1. The zero-order valence-electron chi connectivity index (χ0n) is 18.6. The molecule has 1 saturated heterocycles. The third-order valence-electron chi connectivity index (χ3n) is 5.64. The van der Waals surface area contributed by atoms with E-state index in [0.717, 1.165) is 9.87 Å². The lowest BCUT2D eigenvalue weighted by Gasteiger charge is -2.46. The van der Waals surface area contributed by atoms with E-state index in [-0.39, 0.29) is 24.5 Å². The Morgan fingerprint density at radius 2 is 1.78 bits per heavy atom. The highest BCUT2D eigenvalue weighted by Gasteiger charge is 2.50. The fourth-order valence-electron chi connectivity index (χ4n) is 3.91. The lowest BCUT2D eigenvalue weighted by molar-refractivity contribution is -0.152. The molecule has 1 atom stereocenters. The smallest absolute Gasteiger partial charge is 0.247 e. The summed E-state index contributed by atoms with van der Waals surface area (Å²) in [6.07, 6.45) is 0.645. The first-order valence-corrected chi connectivity index (χ1v) is 11.9. The molecule has 9 heteroatoms. The number of nitrogens with zero attached hydrogens (tertiary/aromatic N) is 2. The summed E-state index contributed by atoms with van der Waals surface area (Å²) in [4.78, 5) is 27.9. The summed E-state index contributed by atoms with van der Waals surface area (Å²) in [6, 6.07) is 15.2. The molecule has 1 aliphatic rings. The van der Waals surface area contributed by atoms with Crippen molar-refractivity contribution in [2.75, 3.05) is 26.7 Å². The Morgan fingerprint density at radius 3 is 2.44 bits per heavy atom. The van der Waals surface area contributed by atoms with Crippen molar-refractivity contribution in [2.24, 2.45) is 0 Å². The first kappa shape index (κ1) is 23.7. The zero-order chi connectivity index (χ0) is 23.4. The number of sulfonamides is 1. The molecule has 1 aliphatic heterocycles. The lowest BCUT2D eigenvalue weighted by atomic mass is 9.95. The van der Waals surface area contributed by atoms with Crippen molar-refractivity contribution in [3.63, 3.8) is 0 Å². The second-order valence-electron chi connectivity index (χ2n) is 7.90. The van der Waals surface area contributed by atoms with Gasteiger partial charge < -0.3 is 15.0 Å². The average molecular weight is 460 g/mol. The van der Waals surface area contributed by atoms with E-state index in [1.54, 1.807) is 38.3 Å². The molecule has 0 aliphatic carbocycles. The summed E-state index contributed by atoms with van der Waals surface area (Å²) in [7, 11) is -2.38. The second-order valence-corrected chi connectivity index (χ2v) is 9.84. The Labute approximate surface area is 189 Å². The van der Waals surface area contributed by atoms with E-state index in [1.807, 2.05) is 25.1 Å². The molecular formula is C23H29N3O5S. The van der Waals surface area contributed by atoms with E-state index in [1.165, 1.54) is 17.0 Å². The van der Waals surface area contributed by atoms with Gasteiger partial charge in [0.25, 0.3) is 0 Å². The molecule has 0 saturated carbocycles. The fraction of sp³-hybridized carbons (Fsp3) is 0.391. The van der Waals surface area contributed by atoms with E-state index < -0.39 is 27.4 Å². The van der Waals surface area contributed by atoms with Crippen LogP contribution in [0.1, 0.15) is 25.8 Å². The monoisotopic (exact) mass is 459 g/mol. The molecule has 0 spiro atoms. The van der Waals surface area contributed by atoms with Crippen LogP contribution >= 0.6 is 0 Å². The molecular weight excluding hydrogens is 430 g/mol. The molecule has 0 radical (unpaired) electrons. The maximum absolute atomic E-state index is 13.4. The van der Waals surface area contributed by atoms with E-state index in [4.69, 9.17) is 4.74 Å². The van der Waals surface area contributed by atoms with Crippen molar-refractivity contribution in [3.05, 3.63) is 60.2 Å². The minimum Gasteiger partial charge on any atom is -0.496 e. The number of nitrogens with one attached hydrogen (secondary N) is 1. The standard InChI is InChI=1S/C23H29N3O5S/c1-4-14-26-21(27)16-25(32(29,30)19-11-6-5-7-12-19)17-23(26,2)22(28)24-15-18-10-8-9-13-20(18)31-3/h5-13H,4,14-17H2,1-3H3,(H,24,28). The number of para-hydroxylation sites is 1. The van der Waals surface area contributed by atoms with E-state index in [9.17, 15) is 18.0 Å². The number of ether oxygens (including phenoxy) is 1. The Hall–Kier alpha value is -2.91. The Balaban J connectivity index is 1.88. The van der Waals surface area contributed by atoms with Gasteiger partial charge in [0.15, 0.2) is 0 Å². The van der Waals surface area contributed by atoms with Crippen LogP contribution in [0, 0.1) is 0 Å². The van der Waals surface area contributed by atoms with Crippen LogP contribution in [-0.4, -0.2) is 61.7 Å². The lowest BCUT2D eigenvalue weighted by Crippen LogP contribution is -2.69. The van der Waals surface area contributed by atoms with Crippen molar-refractivity contribution in [1.82, 2.24) is 14.5 Å². The maximum Gasteiger partial charge on any atom is 0.247 e. The van der Waals surface area contributed by atoms with Crippen molar-refractivity contribution in [2.45, 2.75) is 37.2 Å². The summed E-state index contributed by atoms with van der Waals surface area (Å²) >= 11 is 0. The van der Waals surface area contributed by atoms with Crippen LogP contribution in [0.15, 0.2) is 59.5 Å². The Kier molecular flexibility index (Phi) is 7.20. The summed E-state index contributed by atoms with van der Waals surface area (Å²) in [6.45, 7) is 3.65. The van der Waals surface area contributed by atoms with Gasteiger partial charge in [-0.2, -0.15) is 4.31 Å². The van der Waals surface area contributed by atoms with Gasteiger partial charge in [0.1, 0.15) is 11.3 Å². The third kappa shape index (κ3) is 4.63. The molecule has 1 fully saturated rings. The van der Waals surface area contributed by atoms with Crippen LogP contribution in [0.5, 0.6) is 5.75 Å². The van der Waals surface area contributed by atoms with E-state index in [0.29, 0.717) is 18.7 Å². The van der Waals surface area contributed by atoms with Gasteiger partial charge in [-0.3, -0.25) is 9.59 Å². The normalized spacial score (nSPS) is 19.6. The summed E-state index contributed by atoms with van der Waals surface area (Å²) < 4.78 is 32.8. The summed E-state index contributed by atoms with van der Waals surface area (Å²) in [5.41, 5.74) is -0.570. The van der Waals surface area contributed by atoms with Crippen LogP contribution < -0.4 is 10.1 Å². The topological polar surface area (TPSA) is 96.0 Å². The molecule has 3 rings (SSSR count). The minimum atomic E-state index is -3.93. The highest BCUT2D eigenvalue weighted by atomic mass is 32.2. The molecule has 32 heavy (non-hydrogen) atoms. The molecule has 8 nitrogen and oxygen atoms in total. The second kappa shape index (κ2) is 9.70. The molecule has 2 amide bonds. The molecule has 2 aromatic rings. The highest BCUT2D eigenvalue weighted by molar-refractivity contribution is 7.89. The molecule has 172 valence electrons. The first-order valence-electron chi connectivity index (χ1n) is 10.5. The van der Waals surface area contributed by atoms with Gasteiger partial charge in [-0.1, -0.05) is 43.3 Å². The van der Waals surface area contributed by atoms with Crippen LogP contribution in [0.4, 0.5) is 0 Å². The van der Waals surface area contributed by atoms with Gasteiger partial charge in [-0.05, 0) is 31.5 Å². The zero-order valence-corrected chi connectivity index (χ0v) is 19.4. The first-order chi connectivity index (χ1) is 15.2. The Morgan fingerprint density at radius 1 is 1.12 bits per heavy atom. The minimum absolute atomic E-state index is 0.0912. The molecule has 1 N–H and O–H groups in total. The molecule has 1 heterocycles. The van der Waals surface area contributed by atoms with Gasteiger partial charge >= 0.3 is 0 Å². The van der Waals surface area contributed by atoms with Gasteiger partial charge in [-0.15, -0.1) is 0 Å². The van der Waals surface area contributed by atoms with Gasteiger partial charge in [0.05, 0.1) is 18.6 Å². The third-order valence-corrected chi connectivity index (χ3v) is 7.45. The predicted octanol–water partition coefficient (Wildman–Crippen LogP) is 2.01. The molecule has 2 aromatic carbocycles. The van der Waals surface area contributed by atoms with Gasteiger partial charge in [0, 0.05) is 25.2 Å². The van der Waals surface area contributed by atoms with Gasteiger partial charge in [-0.25, -0.2) is 8.42 Å². The number of hydrogen-bond acceptors (Lipinski definition) is 5. The number of amides is 2. The number of carbonyl (C=O) groups excluding carboxylic acids is 2. The maximum atomic E-state index is 13.4. The number of piperazine rings is 1. The molecule has 1 unspecified atom stereocenters. The summed E-state index contributed by atoms with van der Waals surface area (Å²) in [5.74, 6) is -0.179.